The van der Waals surface area contributed by atoms with Crippen molar-refractivity contribution in [1.82, 2.24) is 4.98 Å². The number of nitrogens with one attached hydrogen (secondary N) is 1. The molecule has 0 saturated heterocycles. The molecule has 1 heterocycles. The van der Waals surface area contributed by atoms with E-state index in [2.05, 4.69) is 10.3 Å². The first-order chi connectivity index (χ1) is 9.74. The molecule has 1 aromatic carbocycles. The van der Waals surface area contributed by atoms with Crippen LogP contribution in [0.25, 0.3) is 0 Å². The summed E-state index contributed by atoms with van der Waals surface area (Å²) in [6, 6.07) is 3.71. The Balaban J connectivity index is 2.17. The van der Waals surface area contributed by atoms with Crippen molar-refractivity contribution >= 4 is 28.1 Å². The van der Waals surface area contributed by atoms with Gasteiger partial charge in [0, 0.05) is 29.2 Å². The average Bonchev–Trinajstić information content (AvgIpc) is 2.94. The van der Waals surface area contributed by atoms with Gasteiger partial charge in [0.1, 0.15) is 0 Å². The third-order valence-corrected chi connectivity index (χ3v) is 3.66. The number of ether oxygens (including phenoxy) is 2. The van der Waals surface area contributed by atoms with Crippen molar-refractivity contribution in [2.45, 2.75) is 20.4 Å². The Morgan fingerprint density at radius 2 is 1.90 bits per heavy atom. The van der Waals surface area contributed by atoms with Crippen molar-refractivity contribution in [3.63, 3.8) is 0 Å². The van der Waals surface area contributed by atoms with Crippen LogP contribution >= 0.6 is 22.9 Å². The second-order valence-corrected chi connectivity index (χ2v) is 5.25. The van der Waals surface area contributed by atoms with Crippen LogP contribution in [0.15, 0.2) is 23.7 Å². The lowest BCUT2D eigenvalue weighted by molar-refractivity contribution is 0.287. The number of hydrogen-bond donors (Lipinski definition) is 1. The molecule has 0 aliphatic carbocycles. The molecule has 0 unspecified atom stereocenters. The molecular formula is C14H17ClN2O2S. The first kappa shape index (κ1) is 14.9. The maximum atomic E-state index is 6.28. The van der Waals surface area contributed by atoms with Crippen LogP contribution < -0.4 is 14.8 Å². The van der Waals surface area contributed by atoms with E-state index < -0.39 is 0 Å². The molecule has 2 rings (SSSR count). The van der Waals surface area contributed by atoms with Crippen molar-refractivity contribution in [3.8, 4) is 11.5 Å². The highest BCUT2D eigenvalue weighted by Crippen LogP contribution is 2.34. The van der Waals surface area contributed by atoms with E-state index in [0.717, 1.165) is 16.4 Å². The standard InChI is InChI=1S/C14H17ClN2O2S/c1-3-18-12-7-10(9-17-14-16-5-6-20-14)11(15)8-13(12)19-4-2/h5-8H,3-4,9H2,1-2H3,(H,16,17). The normalized spacial score (nSPS) is 10.3. The minimum absolute atomic E-state index is 0.577. The van der Waals surface area contributed by atoms with E-state index in [4.69, 9.17) is 21.1 Å². The molecule has 0 saturated carbocycles. The lowest BCUT2D eigenvalue weighted by Crippen LogP contribution is -2.03. The van der Waals surface area contributed by atoms with Gasteiger partial charge in [-0.15, -0.1) is 11.3 Å². The molecule has 1 N–H and O–H groups in total. The van der Waals surface area contributed by atoms with Crippen molar-refractivity contribution in [2.24, 2.45) is 0 Å². The van der Waals surface area contributed by atoms with Gasteiger partial charge in [-0.05, 0) is 25.5 Å². The quantitative estimate of drug-likeness (QED) is 0.832. The predicted octanol–water partition coefficient (Wildman–Crippen LogP) is 4.21. The van der Waals surface area contributed by atoms with Crippen molar-refractivity contribution in [1.29, 1.82) is 0 Å². The van der Waals surface area contributed by atoms with Crippen molar-refractivity contribution in [2.75, 3.05) is 18.5 Å². The molecule has 108 valence electrons. The molecule has 0 spiro atoms. The molecule has 0 bridgehead atoms. The van der Waals surface area contributed by atoms with Gasteiger partial charge >= 0.3 is 0 Å². The summed E-state index contributed by atoms with van der Waals surface area (Å²) < 4.78 is 11.1. The molecule has 1 aromatic heterocycles. The number of rotatable bonds is 7. The van der Waals surface area contributed by atoms with Gasteiger partial charge in [-0.1, -0.05) is 11.6 Å². The highest BCUT2D eigenvalue weighted by atomic mass is 35.5. The van der Waals surface area contributed by atoms with E-state index in [0.29, 0.717) is 30.5 Å². The third kappa shape index (κ3) is 3.77. The number of nitrogens with zero attached hydrogens (tertiary/aromatic N) is 1. The van der Waals surface area contributed by atoms with Crippen LogP contribution in [-0.2, 0) is 6.54 Å². The van der Waals surface area contributed by atoms with Gasteiger partial charge in [0.25, 0.3) is 0 Å². The van der Waals surface area contributed by atoms with Crippen LogP contribution in [0.5, 0.6) is 11.5 Å². The summed E-state index contributed by atoms with van der Waals surface area (Å²) in [6.07, 6.45) is 1.76. The maximum Gasteiger partial charge on any atom is 0.182 e. The zero-order chi connectivity index (χ0) is 14.4. The number of aromatic nitrogens is 1. The van der Waals surface area contributed by atoms with Gasteiger partial charge in [0.2, 0.25) is 0 Å². The monoisotopic (exact) mass is 312 g/mol. The summed E-state index contributed by atoms with van der Waals surface area (Å²) in [5.74, 6) is 1.40. The van der Waals surface area contributed by atoms with E-state index >= 15 is 0 Å². The first-order valence-electron chi connectivity index (χ1n) is 6.46. The third-order valence-electron chi connectivity index (χ3n) is 2.57. The lowest BCUT2D eigenvalue weighted by Gasteiger charge is -2.14. The van der Waals surface area contributed by atoms with Crippen LogP contribution in [0.3, 0.4) is 0 Å². The van der Waals surface area contributed by atoms with Gasteiger partial charge < -0.3 is 14.8 Å². The molecular weight excluding hydrogens is 296 g/mol. The van der Waals surface area contributed by atoms with Crippen LogP contribution in [0.2, 0.25) is 5.02 Å². The van der Waals surface area contributed by atoms with Gasteiger partial charge in [-0.25, -0.2) is 4.98 Å². The summed E-state index contributed by atoms with van der Waals surface area (Å²) in [4.78, 5) is 4.18. The van der Waals surface area contributed by atoms with E-state index in [1.165, 1.54) is 0 Å². The van der Waals surface area contributed by atoms with E-state index in [1.54, 1.807) is 23.6 Å². The van der Waals surface area contributed by atoms with E-state index in [-0.39, 0.29) is 0 Å². The fourth-order valence-corrected chi connectivity index (χ4v) is 2.48. The number of thiazole rings is 1. The molecule has 0 aliphatic rings. The van der Waals surface area contributed by atoms with E-state index in [9.17, 15) is 0 Å². The molecule has 4 nitrogen and oxygen atoms in total. The molecule has 0 radical (unpaired) electrons. The molecule has 20 heavy (non-hydrogen) atoms. The molecule has 6 heteroatoms. The second-order valence-electron chi connectivity index (χ2n) is 3.95. The fraction of sp³-hybridized carbons (Fsp3) is 0.357. The largest absolute Gasteiger partial charge is 0.490 e. The minimum Gasteiger partial charge on any atom is -0.490 e. The van der Waals surface area contributed by atoms with Crippen LogP contribution in [-0.4, -0.2) is 18.2 Å². The number of anilines is 1. The number of halogens is 1. The Morgan fingerprint density at radius 1 is 1.20 bits per heavy atom. The van der Waals surface area contributed by atoms with Crippen LogP contribution in [0.4, 0.5) is 5.13 Å². The topological polar surface area (TPSA) is 43.4 Å². The minimum atomic E-state index is 0.577. The SMILES string of the molecule is CCOc1cc(Cl)c(CNc2nccs2)cc1OCC. The van der Waals surface area contributed by atoms with Crippen molar-refractivity contribution < 1.29 is 9.47 Å². The zero-order valence-electron chi connectivity index (χ0n) is 11.5. The van der Waals surface area contributed by atoms with Gasteiger partial charge in [0.15, 0.2) is 16.6 Å². The molecule has 0 fully saturated rings. The smallest absolute Gasteiger partial charge is 0.182 e. The summed E-state index contributed by atoms with van der Waals surface area (Å²) in [6.45, 7) is 5.63. The zero-order valence-corrected chi connectivity index (χ0v) is 13.1. The number of hydrogen-bond acceptors (Lipinski definition) is 5. The highest BCUT2D eigenvalue weighted by Gasteiger charge is 2.11. The van der Waals surface area contributed by atoms with Gasteiger partial charge in [0.05, 0.1) is 13.2 Å². The highest BCUT2D eigenvalue weighted by molar-refractivity contribution is 7.13. The Labute approximate surface area is 127 Å². The van der Waals surface area contributed by atoms with Crippen LogP contribution in [0.1, 0.15) is 19.4 Å². The van der Waals surface area contributed by atoms with E-state index in [1.807, 2.05) is 25.3 Å². The maximum absolute atomic E-state index is 6.28. The summed E-state index contributed by atoms with van der Waals surface area (Å²) in [5.41, 5.74) is 0.953. The first-order valence-corrected chi connectivity index (χ1v) is 7.71. The Hall–Kier alpha value is -1.46. The summed E-state index contributed by atoms with van der Waals surface area (Å²) >= 11 is 7.84. The molecule has 2 aromatic rings. The Morgan fingerprint density at radius 3 is 2.50 bits per heavy atom. The number of benzene rings is 1. The van der Waals surface area contributed by atoms with Gasteiger partial charge in [-0.3, -0.25) is 0 Å². The fourth-order valence-electron chi connectivity index (χ4n) is 1.73. The predicted molar refractivity (Wildman–Crippen MR) is 83.2 cm³/mol. The van der Waals surface area contributed by atoms with Crippen LogP contribution in [0, 0.1) is 0 Å². The lowest BCUT2D eigenvalue weighted by atomic mass is 10.2. The Kier molecular flexibility index (Phi) is 5.49. The molecule has 0 aliphatic heterocycles. The molecule has 0 amide bonds. The average molecular weight is 313 g/mol. The van der Waals surface area contributed by atoms with Crippen molar-refractivity contribution in [3.05, 3.63) is 34.3 Å². The van der Waals surface area contributed by atoms with Gasteiger partial charge in [-0.2, -0.15) is 0 Å². The molecule has 0 atom stereocenters. The summed E-state index contributed by atoms with van der Waals surface area (Å²) in [7, 11) is 0. The summed E-state index contributed by atoms with van der Waals surface area (Å²) in [5, 5.41) is 6.68. The Bertz CT molecular complexity index is 546. The second kappa shape index (κ2) is 7.36.